The van der Waals surface area contributed by atoms with E-state index in [4.69, 9.17) is 9.84 Å². The molecule has 7 heteroatoms. The fourth-order valence-electron chi connectivity index (χ4n) is 3.19. The largest absolute Gasteiger partial charge is 0.480 e. The van der Waals surface area contributed by atoms with Gasteiger partial charge in [0.1, 0.15) is 13.2 Å². The predicted molar refractivity (Wildman–Crippen MR) is 94.5 cm³/mol. The molecule has 3 rings (SSSR count). The third-order valence-corrected chi connectivity index (χ3v) is 4.49. The maximum absolute atomic E-state index is 12.4. The summed E-state index contributed by atoms with van der Waals surface area (Å²) in [5.74, 6) is -0.803. The first kappa shape index (κ1) is 18.1. The molecule has 1 amide bonds. The van der Waals surface area contributed by atoms with E-state index >= 15 is 0 Å². The highest BCUT2D eigenvalue weighted by Gasteiger charge is 2.26. The van der Waals surface area contributed by atoms with E-state index < -0.39 is 5.97 Å². The van der Waals surface area contributed by atoms with E-state index in [1.807, 2.05) is 41.3 Å². The van der Waals surface area contributed by atoms with Gasteiger partial charge in [-0.3, -0.25) is 14.3 Å². The number of nitrogens with zero attached hydrogens (tertiary/aromatic N) is 3. The van der Waals surface area contributed by atoms with Crippen LogP contribution in [0, 0.1) is 0 Å². The molecule has 1 aliphatic heterocycles. The van der Waals surface area contributed by atoms with Crippen LogP contribution < -0.4 is 0 Å². The molecule has 1 saturated heterocycles. The van der Waals surface area contributed by atoms with Crippen molar-refractivity contribution in [3.05, 3.63) is 53.9 Å². The van der Waals surface area contributed by atoms with Gasteiger partial charge in [0.2, 0.25) is 5.91 Å². The monoisotopic (exact) mass is 357 g/mol. The molecule has 138 valence electrons. The number of hydrogen-bond acceptors (Lipinski definition) is 4. The van der Waals surface area contributed by atoms with Gasteiger partial charge in [-0.05, 0) is 24.5 Å². The number of likely N-dealkylation sites (tertiary alicyclic amines) is 1. The summed E-state index contributed by atoms with van der Waals surface area (Å²) in [6, 6.07) is 11.6. The Hall–Kier alpha value is -2.67. The third kappa shape index (κ3) is 4.92. The maximum Gasteiger partial charge on any atom is 0.325 e. The molecule has 1 aromatic carbocycles. The molecule has 0 radical (unpaired) electrons. The van der Waals surface area contributed by atoms with Crippen LogP contribution in [0.25, 0.3) is 0 Å². The van der Waals surface area contributed by atoms with E-state index in [1.165, 1.54) is 4.68 Å². The Labute approximate surface area is 152 Å². The fraction of sp³-hybridized carbons (Fsp3) is 0.421. The van der Waals surface area contributed by atoms with Crippen molar-refractivity contribution < 1.29 is 19.4 Å². The van der Waals surface area contributed by atoms with Gasteiger partial charge in [0.05, 0.1) is 12.3 Å². The van der Waals surface area contributed by atoms with Crippen LogP contribution in [0.5, 0.6) is 0 Å². The van der Waals surface area contributed by atoms with Crippen LogP contribution in [0.1, 0.15) is 30.0 Å². The zero-order chi connectivity index (χ0) is 18.4. The number of rotatable bonds is 7. The van der Waals surface area contributed by atoms with E-state index in [-0.39, 0.29) is 25.0 Å². The molecule has 7 nitrogen and oxygen atoms in total. The zero-order valence-electron chi connectivity index (χ0n) is 14.6. The van der Waals surface area contributed by atoms with E-state index in [0.717, 1.165) is 30.6 Å². The lowest BCUT2D eigenvalue weighted by Crippen LogP contribution is -2.41. The number of benzene rings is 1. The van der Waals surface area contributed by atoms with Gasteiger partial charge in [-0.15, -0.1) is 0 Å². The second kappa shape index (κ2) is 8.62. The standard InChI is InChI=1S/C19H23N3O4/c23-18(14-26-13-15-5-2-1-3-6-15)21-9-4-7-16(11-21)17-8-10-22(20-17)12-19(24)25/h1-3,5-6,8,10,16H,4,7,9,11-14H2,(H,24,25)/t16-/m1/s1. The minimum absolute atomic E-state index is 0.0180. The van der Waals surface area contributed by atoms with Crippen molar-refractivity contribution in [3.8, 4) is 0 Å². The molecule has 0 aliphatic carbocycles. The number of carbonyl (C=O) groups is 2. The SMILES string of the molecule is O=C(O)Cn1ccc([C@@H]2CCCN(C(=O)COCc3ccccc3)C2)n1. The van der Waals surface area contributed by atoms with E-state index in [9.17, 15) is 9.59 Å². The van der Waals surface area contributed by atoms with E-state index in [0.29, 0.717) is 13.2 Å². The summed E-state index contributed by atoms with van der Waals surface area (Å²) in [5.41, 5.74) is 1.88. The number of carboxylic acid groups (broad SMARTS) is 1. The molecular weight excluding hydrogens is 334 g/mol. The van der Waals surface area contributed by atoms with Gasteiger partial charge in [0, 0.05) is 25.2 Å². The Morgan fingerprint density at radius 1 is 1.23 bits per heavy atom. The van der Waals surface area contributed by atoms with Crippen molar-refractivity contribution in [3.63, 3.8) is 0 Å². The zero-order valence-corrected chi connectivity index (χ0v) is 14.6. The second-order valence-corrected chi connectivity index (χ2v) is 6.49. The lowest BCUT2D eigenvalue weighted by Gasteiger charge is -2.32. The summed E-state index contributed by atoms with van der Waals surface area (Å²) in [6.07, 6.45) is 3.52. The Kier molecular flexibility index (Phi) is 6.01. The van der Waals surface area contributed by atoms with Crippen LogP contribution in [0.2, 0.25) is 0 Å². The van der Waals surface area contributed by atoms with Crippen molar-refractivity contribution in [2.75, 3.05) is 19.7 Å². The first-order valence-corrected chi connectivity index (χ1v) is 8.76. The lowest BCUT2D eigenvalue weighted by molar-refractivity contribution is -0.138. The first-order valence-electron chi connectivity index (χ1n) is 8.76. The van der Waals surface area contributed by atoms with Gasteiger partial charge in [-0.2, -0.15) is 5.10 Å². The van der Waals surface area contributed by atoms with Gasteiger partial charge < -0.3 is 14.7 Å². The van der Waals surface area contributed by atoms with Gasteiger partial charge in [-0.25, -0.2) is 0 Å². The quantitative estimate of drug-likeness (QED) is 0.818. The third-order valence-electron chi connectivity index (χ3n) is 4.49. The summed E-state index contributed by atoms with van der Waals surface area (Å²) in [7, 11) is 0. The molecule has 0 bridgehead atoms. The minimum Gasteiger partial charge on any atom is -0.480 e. The van der Waals surface area contributed by atoms with Crippen LogP contribution in [0.15, 0.2) is 42.6 Å². The number of carboxylic acids is 1. The highest BCUT2D eigenvalue weighted by Crippen LogP contribution is 2.25. The van der Waals surface area contributed by atoms with Gasteiger partial charge in [0.25, 0.3) is 0 Å². The van der Waals surface area contributed by atoms with Gasteiger partial charge in [0.15, 0.2) is 0 Å². The number of piperidine rings is 1. The lowest BCUT2D eigenvalue weighted by atomic mass is 9.95. The molecule has 1 aromatic heterocycles. The van der Waals surface area contributed by atoms with Crippen molar-refractivity contribution in [2.24, 2.45) is 0 Å². The second-order valence-electron chi connectivity index (χ2n) is 6.49. The van der Waals surface area contributed by atoms with Crippen LogP contribution in [-0.2, 0) is 27.5 Å². The summed E-state index contributed by atoms with van der Waals surface area (Å²) in [5, 5.41) is 13.2. The van der Waals surface area contributed by atoms with Crippen molar-refractivity contribution >= 4 is 11.9 Å². The van der Waals surface area contributed by atoms with Crippen molar-refractivity contribution in [2.45, 2.75) is 31.9 Å². The number of hydrogen-bond donors (Lipinski definition) is 1. The molecule has 2 heterocycles. The van der Waals surface area contributed by atoms with Crippen molar-refractivity contribution in [1.82, 2.24) is 14.7 Å². The van der Waals surface area contributed by atoms with Gasteiger partial charge in [-0.1, -0.05) is 30.3 Å². The first-order chi connectivity index (χ1) is 12.6. The number of amides is 1. The molecule has 0 spiro atoms. The molecular formula is C19H23N3O4. The van der Waals surface area contributed by atoms with E-state index in [1.54, 1.807) is 6.20 Å². The number of aliphatic carboxylic acids is 1. The number of carbonyl (C=O) groups excluding carboxylic acids is 1. The summed E-state index contributed by atoms with van der Waals surface area (Å²) in [6.45, 7) is 1.65. The van der Waals surface area contributed by atoms with Gasteiger partial charge >= 0.3 is 5.97 Å². The smallest absolute Gasteiger partial charge is 0.325 e. The summed E-state index contributed by atoms with van der Waals surface area (Å²) in [4.78, 5) is 25.0. The van der Waals surface area contributed by atoms with E-state index in [2.05, 4.69) is 5.10 Å². The Morgan fingerprint density at radius 3 is 2.81 bits per heavy atom. The average molecular weight is 357 g/mol. The average Bonchev–Trinajstić information content (AvgIpc) is 3.10. The Morgan fingerprint density at radius 2 is 2.04 bits per heavy atom. The molecule has 0 unspecified atom stereocenters. The van der Waals surface area contributed by atoms with Crippen LogP contribution >= 0.6 is 0 Å². The molecule has 0 saturated carbocycles. The number of aromatic nitrogens is 2. The molecule has 1 N–H and O–H groups in total. The Balaban J connectivity index is 1.50. The fourth-order valence-corrected chi connectivity index (χ4v) is 3.19. The van der Waals surface area contributed by atoms with Crippen molar-refractivity contribution in [1.29, 1.82) is 0 Å². The molecule has 26 heavy (non-hydrogen) atoms. The highest BCUT2D eigenvalue weighted by molar-refractivity contribution is 5.77. The molecule has 1 aliphatic rings. The molecule has 1 atom stereocenters. The number of ether oxygens (including phenoxy) is 1. The summed E-state index contributed by atoms with van der Waals surface area (Å²) >= 11 is 0. The minimum atomic E-state index is -0.921. The predicted octanol–water partition coefficient (Wildman–Crippen LogP) is 1.89. The van der Waals surface area contributed by atoms with Crippen LogP contribution in [0.3, 0.4) is 0 Å². The van der Waals surface area contributed by atoms with Crippen LogP contribution in [-0.4, -0.2) is 51.4 Å². The normalized spacial score (nSPS) is 17.2. The summed E-state index contributed by atoms with van der Waals surface area (Å²) < 4.78 is 6.97. The topological polar surface area (TPSA) is 84.7 Å². The Bertz CT molecular complexity index is 744. The van der Waals surface area contributed by atoms with Crippen LogP contribution in [0.4, 0.5) is 0 Å². The molecule has 1 fully saturated rings. The maximum atomic E-state index is 12.4. The molecule has 2 aromatic rings. The highest BCUT2D eigenvalue weighted by atomic mass is 16.5.